The zero-order chi connectivity index (χ0) is 22.4. The minimum Gasteiger partial charge on any atom is -0.465 e. The van der Waals surface area contributed by atoms with Gasteiger partial charge >= 0.3 is 11.9 Å². The Morgan fingerprint density at radius 3 is 2.30 bits per heavy atom. The van der Waals surface area contributed by atoms with Crippen molar-refractivity contribution < 1.29 is 28.7 Å². The lowest BCUT2D eigenvalue weighted by atomic mass is 10.0. The maximum absolute atomic E-state index is 12.8. The molecule has 0 aliphatic heterocycles. The van der Waals surface area contributed by atoms with Crippen molar-refractivity contribution in [2.24, 2.45) is 0 Å². The molecule has 2 N–H and O–H groups in total. The van der Waals surface area contributed by atoms with E-state index >= 15 is 0 Å². The molecule has 0 aliphatic rings. The van der Waals surface area contributed by atoms with Crippen LogP contribution in [0, 0.1) is 13.8 Å². The van der Waals surface area contributed by atoms with E-state index in [4.69, 9.17) is 9.47 Å². The Labute approximate surface area is 175 Å². The Morgan fingerprint density at radius 1 is 1.10 bits per heavy atom. The number of benzene rings is 1. The van der Waals surface area contributed by atoms with E-state index in [-0.39, 0.29) is 23.6 Å². The van der Waals surface area contributed by atoms with Gasteiger partial charge in [-0.3, -0.25) is 14.4 Å². The molecule has 160 valence electrons. The minimum atomic E-state index is -1.08. The van der Waals surface area contributed by atoms with Crippen LogP contribution < -0.4 is 5.32 Å². The fraction of sp³-hybridized carbons (Fsp3) is 0.364. The smallest absolute Gasteiger partial charge is 0.339 e. The Morgan fingerprint density at radius 2 is 1.73 bits per heavy atom. The average Bonchev–Trinajstić information content (AvgIpc) is 3.00. The van der Waals surface area contributed by atoms with Gasteiger partial charge in [-0.1, -0.05) is 30.3 Å². The van der Waals surface area contributed by atoms with E-state index in [1.165, 1.54) is 21.0 Å². The monoisotopic (exact) mass is 414 g/mol. The van der Waals surface area contributed by atoms with Crippen LogP contribution in [0.5, 0.6) is 0 Å². The summed E-state index contributed by atoms with van der Waals surface area (Å²) in [7, 11) is 1.26. The summed E-state index contributed by atoms with van der Waals surface area (Å²) < 4.78 is 10.1. The summed E-state index contributed by atoms with van der Waals surface area (Å²) in [6.45, 7) is 6.11. The van der Waals surface area contributed by atoms with Crippen molar-refractivity contribution in [2.75, 3.05) is 7.11 Å². The second kappa shape index (κ2) is 9.87. The van der Waals surface area contributed by atoms with Gasteiger partial charge < -0.3 is 19.8 Å². The van der Waals surface area contributed by atoms with E-state index in [1.807, 2.05) is 6.07 Å². The van der Waals surface area contributed by atoms with Crippen LogP contribution in [-0.2, 0) is 19.1 Å². The van der Waals surface area contributed by atoms with Crippen molar-refractivity contribution in [3.8, 4) is 0 Å². The molecular weight excluding hydrogens is 388 g/mol. The lowest BCUT2D eigenvalue weighted by Crippen LogP contribution is -2.31. The highest BCUT2D eigenvalue weighted by Gasteiger charge is 2.28. The Kier molecular flexibility index (Phi) is 7.52. The zero-order valence-corrected chi connectivity index (χ0v) is 17.7. The van der Waals surface area contributed by atoms with Crippen LogP contribution in [0.2, 0.25) is 0 Å². The van der Waals surface area contributed by atoms with E-state index in [0.717, 1.165) is 5.56 Å². The molecule has 1 amide bonds. The number of H-pyrrole nitrogens is 1. The van der Waals surface area contributed by atoms with Crippen molar-refractivity contribution in [2.45, 2.75) is 46.3 Å². The second-order valence-corrected chi connectivity index (χ2v) is 6.98. The van der Waals surface area contributed by atoms with Gasteiger partial charge in [0, 0.05) is 12.6 Å². The number of aromatic amines is 1. The molecule has 0 spiro atoms. The Bertz CT molecular complexity index is 948. The number of Topliss-reactive ketones (excluding diaryl/α,β-unsaturated/α-hetero) is 1. The molecular formula is C22H26N2O6. The van der Waals surface area contributed by atoms with Crippen LogP contribution in [-0.4, -0.2) is 41.8 Å². The number of amides is 1. The number of aromatic nitrogens is 1. The summed E-state index contributed by atoms with van der Waals surface area (Å²) in [4.78, 5) is 51.5. The number of hydrogen-bond acceptors (Lipinski definition) is 6. The number of ether oxygens (including phenoxy) is 2. The third kappa shape index (κ3) is 5.34. The molecule has 0 bridgehead atoms. The standard InChI is InChI=1S/C22H26N2O6/c1-12-19(22(28)29-5)13(2)23-20(12)21(27)14(3)30-18(26)11-17(24-15(4)25)16-9-7-6-8-10-16/h6-10,14,17,23H,11H2,1-5H3,(H,24,25)/t14-,17+/m1/s1. The maximum Gasteiger partial charge on any atom is 0.339 e. The number of ketones is 1. The number of carbonyl (C=O) groups excluding carboxylic acids is 4. The van der Waals surface area contributed by atoms with Gasteiger partial charge in [0.2, 0.25) is 11.7 Å². The first-order valence-electron chi connectivity index (χ1n) is 9.48. The SMILES string of the molecule is COC(=O)c1c(C)[nH]c(C(=O)[C@@H](C)OC(=O)C[C@H](NC(C)=O)c2ccccc2)c1C. The maximum atomic E-state index is 12.8. The first kappa shape index (κ1) is 22.9. The van der Waals surface area contributed by atoms with Gasteiger partial charge in [0.05, 0.1) is 30.8 Å². The molecule has 2 rings (SSSR count). The first-order valence-corrected chi connectivity index (χ1v) is 9.48. The van der Waals surface area contributed by atoms with E-state index < -0.39 is 29.9 Å². The van der Waals surface area contributed by atoms with Crippen LogP contribution in [0.15, 0.2) is 30.3 Å². The minimum absolute atomic E-state index is 0.128. The topological polar surface area (TPSA) is 115 Å². The average molecular weight is 414 g/mol. The lowest BCUT2D eigenvalue weighted by molar-refractivity contribution is -0.147. The van der Waals surface area contributed by atoms with Crippen molar-refractivity contribution in [1.29, 1.82) is 0 Å². The van der Waals surface area contributed by atoms with E-state index in [1.54, 1.807) is 38.1 Å². The van der Waals surface area contributed by atoms with Gasteiger partial charge in [-0.15, -0.1) is 0 Å². The molecule has 0 saturated carbocycles. The van der Waals surface area contributed by atoms with Crippen LogP contribution >= 0.6 is 0 Å². The molecule has 1 heterocycles. The van der Waals surface area contributed by atoms with Gasteiger partial charge in [-0.2, -0.15) is 0 Å². The number of rotatable bonds is 8. The second-order valence-electron chi connectivity index (χ2n) is 6.98. The third-order valence-electron chi connectivity index (χ3n) is 4.70. The highest BCUT2D eigenvalue weighted by Crippen LogP contribution is 2.22. The molecule has 0 saturated heterocycles. The van der Waals surface area contributed by atoms with Gasteiger partial charge in [0.25, 0.3) is 0 Å². The van der Waals surface area contributed by atoms with E-state index in [2.05, 4.69) is 10.3 Å². The van der Waals surface area contributed by atoms with Crippen LogP contribution in [0.4, 0.5) is 0 Å². The van der Waals surface area contributed by atoms with Crippen molar-refractivity contribution >= 4 is 23.6 Å². The van der Waals surface area contributed by atoms with Crippen molar-refractivity contribution in [3.05, 3.63) is 58.4 Å². The van der Waals surface area contributed by atoms with E-state index in [0.29, 0.717) is 11.3 Å². The van der Waals surface area contributed by atoms with Crippen LogP contribution in [0.3, 0.4) is 0 Å². The number of methoxy groups -OCH3 is 1. The number of aryl methyl sites for hydroxylation is 1. The zero-order valence-electron chi connectivity index (χ0n) is 17.7. The predicted molar refractivity (Wildman–Crippen MR) is 109 cm³/mol. The largest absolute Gasteiger partial charge is 0.465 e. The van der Waals surface area contributed by atoms with Crippen LogP contribution in [0.25, 0.3) is 0 Å². The fourth-order valence-electron chi connectivity index (χ4n) is 3.26. The predicted octanol–water partition coefficient (Wildman–Crippen LogP) is 2.80. The molecule has 30 heavy (non-hydrogen) atoms. The Balaban J connectivity index is 2.12. The summed E-state index contributed by atoms with van der Waals surface area (Å²) in [6.07, 6.45) is -1.20. The lowest BCUT2D eigenvalue weighted by Gasteiger charge is -2.19. The molecule has 1 aromatic heterocycles. The molecule has 0 unspecified atom stereocenters. The van der Waals surface area contributed by atoms with Gasteiger partial charge in [-0.25, -0.2) is 4.79 Å². The van der Waals surface area contributed by atoms with Gasteiger partial charge in [-0.05, 0) is 31.9 Å². The molecule has 0 fully saturated rings. The molecule has 2 atom stereocenters. The number of carbonyl (C=O) groups is 4. The summed E-state index contributed by atoms with van der Waals surface area (Å²) in [5.74, 6) is -1.93. The van der Waals surface area contributed by atoms with Crippen LogP contribution in [0.1, 0.15) is 64.0 Å². The first-order chi connectivity index (χ1) is 14.1. The van der Waals surface area contributed by atoms with Crippen molar-refractivity contribution in [3.63, 3.8) is 0 Å². The summed E-state index contributed by atoms with van der Waals surface area (Å²) in [5.41, 5.74) is 2.16. The third-order valence-corrected chi connectivity index (χ3v) is 4.70. The quantitative estimate of drug-likeness (QED) is 0.507. The molecule has 1 aromatic carbocycles. The highest BCUT2D eigenvalue weighted by atomic mass is 16.5. The summed E-state index contributed by atoms with van der Waals surface area (Å²) in [6, 6.07) is 8.45. The molecule has 2 aromatic rings. The number of nitrogens with one attached hydrogen (secondary N) is 2. The molecule has 8 heteroatoms. The highest BCUT2D eigenvalue weighted by molar-refractivity contribution is 6.04. The normalized spacial score (nSPS) is 12.6. The molecule has 0 aliphatic carbocycles. The fourth-order valence-corrected chi connectivity index (χ4v) is 3.26. The van der Waals surface area contributed by atoms with E-state index in [9.17, 15) is 19.2 Å². The molecule has 0 radical (unpaired) electrons. The van der Waals surface area contributed by atoms with Gasteiger partial charge in [0.15, 0.2) is 6.10 Å². The number of hydrogen-bond donors (Lipinski definition) is 2. The summed E-state index contributed by atoms with van der Waals surface area (Å²) >= 11 is 0. The summed E-state index contributed by atoms with van der Waals surface area (Å²) in [5, 5.41) is 2.72. The molecule has 8 nitrogen and oxygen atoms in total. The van der Waals surface area contributed by atoms with Gasteiger partial charge in [0.1, 0.15) is 0 Å². The van der Waals surface area contributed by atoms with Crippen molar-refractivity contribution in [1.82, 2.24) is 10.3 Å². The number of esters is 2. The Hall–Kier alpha value is -3.42.